The molecule has 0 aromatic carbocycles. The van der Waals surface area contributed by atoms with E-state index in [1.807, 2.05) is 6.92 Å². The van der Waals surface area contributed by atoms with Gasteiger partial charge in [0.2, 0.25) is 0 Å². The van der Waals surface area contributed by atoms with Crippen molar-refractivity contribution in [3.63, 3.8) is 0 Å². The summed E-state index contributed by atoms with van der Waals surface area (Å²) >= 11 is 1.59. The van der Waals surface area contributed by atoms with E-state index in [0.717, 1.165) is 42.3 Å². The third kappa shape index (κ3) is 5.89. The molecule has 0 bridgehead atoms. The van der Waals surface area contributed by atoms with E-state index in [2.05, 4.69) is 16.9 Å². The normalized spacial score (nSPS) is 12.6. The molecule has 0 radical (unpaired) electrons. The minimum atomic E-state index is -0.0573. The molecule has 17 heavy (non-hydrogen) atoms. The van der Waals surface area contributed by atoms with E-state index in [0.29, 0.717) is 0 Å². The second kappa shape index (κ2) is 7.50. The van der Waals surface area contributed by atoms with Crippen molar-refractivity contribution in [2.45, 2.75) is 50.7 Å². The van der Waals surface area contributed by atoms with Gasteiger partial charge < -0.3 is 10.7 Å². The summed E-state index contributed by atoms with van der Waals surface area (Å²) in [4.78, 5) is 18.6. The number of H-pyrrole nitrogens is 1. The van der Waals surface area contributed by atoms with E-state index in [4.69, 9.17) is 5.73 Å². The standard InChI is InChI=1S/C12H21N3OS/c1-3-5-10-8-11(16)15-12(14-10)17-7-4-6-9(2)13/h8-9H,3-7,13H2,1-2H3,(H,14,15,16). The van der Waals surface area contributed by atoms with Crippen LogP contribution in [0, 0.1) is 0 Å². The Morgan fingerprint density at radius 3 is 3.00 bits per heavy atom. The molecule has 0 amide bonds. The first kappa shape index (κ1) is 14.3. The van der Waals surface area contributed by atoms with Gasteiger partial charge in [-0.1, -0.05) is 25.1 Å². The molecular formula is C12H21N3OS. The van der Waals surface area contributed by atoms with Gasteiger partial charge in [-0.05, 0) is 26.2 Å². The summed E-state index contributed by atoms with van der Waals surface area (Å²) in [6, 6.07) is 1.82. The molecule has 1 atom stereocenters. The highest BCUT2D eigenvalue weighted by Gasteiger charge is 2.02. The first-order chi connectivity index (χ1) is 8.11. The summed E-state index contributed by atoms with van der Waals surface area (Å²) in [5, 5.41) is 0.727. The van der Waals surface area contributed by atoms with Gasteiger partial charge in [0.25, 0.3) is 5.56 Å². The molecule has 1 rings (SSSR count). The Kier molecular flexibility index (Phi) is 6.29. The number of rotatable bonds is 7. The molecule has 0 spiro atoms. The van der Waals surface area contributed by atoms with Gasteiger partial charge >= 0.3 is 0 Å². The van der Waals surface area contributed by atoms with Crippen LogP contribution in [-0.2, 0) is 6.42 Å². The lowest BCUT2D eigenvalue weighted by Crippen LogP contribution is -2.14. The van der Waals surface area contributed by atoms with Crippen molar-refractivity contribution >= 4 is 11.8 Å². The van der Waals surface area contributed by atoms with E-state index in [1.165, 1.54) is 0 Å². The van der Waals surface area contributed by atoms with Crippen LogP contribution in [0.5, 0.6) is 0 Å². The van der Waals surface area contributed by atoms with Crippen molar-refractivity contribution in [2.24, 2.45) is 5.73 Å². The van der Waals surface area contributed by atoms with Crippen LogP contribution < -0.4 is 11.3 Å². The van der Waals surface area contributed by atoms with E-state index in [9.17, 15) is 4.79 Å². The van der Waals surface area contributed by atoms with Gasteiger partial charge in [0.1, 0.15) is 0 Å². The van der Waals surface area contributed by atoms with Gasteiger partial charge in [-0.2, -0.15) is 0 Å². The molecule has 3 N–H and O–H groups in total. The molecule has 0 saturated carbocycles. The highest BCUT2D eigenvalue weighted by atomic mass is 32.2. The zero-order chi connectivity index (χ0) is 12.7. The number of thioether (sulfide) groups is 1. The molecule has 0 aliphatic heterocycles. The number of nitrogens with two attached hydrogens (primary N) is 1. The minimum Gasteiger partial charge on any atom is -0.328 e. The molecule has 1 unspecified atom stereocenters. The van der Waals surface area contributed by atoms with Crippen LogP contribution in [0.2, 0.25) is 0 Å². The molecule has 5 heteroatoms. The molecule has 96 valence electrons. The molecule has 1 aromatic heterocycles. The molecule has 1 heterocycles. The average molecular weight is 255 g/mol. The fourth-order valence-corrected chi connectivity index (χ4v) is 2.37. The Labute approximate surface area is 106 Å². The van der Waals surface area contributed by atoms with Crippen LogP contribution in [-0.4, -0.2) is 21.8 Å². The van der Waals surface area contributed by atoms with E-state index in [1.54, 1.807) is 17.8 Å². The number of hydrogen-bond acceptors (Lipinski definition) is 4. The molecule has 0 aliphatic carbocycles. The second-order valence-electron chi connectivity index (χ2n) is 4.26. The Morgan fingerprint density at radius 1 is 1.59 bits per heavy atom. The maximum atomic E-state index is 11.4. The third-order valence-corrected chi connectivity index (χ3v) is 3.28. The molecular weight excluding hydrogens is 234 g/mol. The van der Waals surface area contributed by atoms with Gasteiger partial charge in [0, 0.05) is 23.6 Å². The van der Waals surface area contributed by atoms with Crippen molar-refractivity contribution in [1.82, 2.24) is 9.97 Å². The van der Waals surface area contributed by atoms with Crippen molar-refractivity contribution < 1.29 is 0 Å². The number of aromatic amines is 1. The molecule has 0 fully saturated rings. The van der Waals surface area contributed by atoms with Crippen LogP contribution in [0.25, 0.3) is 0 Å². The zero-order valence-corrected chi connectivity index (χ0v) is 11.3. The first-order valence-corrected chi connectivity index (χ1v) is 7.09. The number of aromatic nitrogens is 2. The van der Waals surface area contributed by atoms with E-state index >= 15 is 0 Å². The molecule has 0 aliphatic rings. The fourth-order valence-electron chi connectivity index (χ4n) is 1.51. The lowest BCUT2D eigenvalue weighted by atomic mass is 10.2. The van der Waals surface area contributed by atoms with Gasteiger partial charge in [-0.15, -0.1) is 0 Å². The van der Waals surface area contributed by atoms with Crippen molar-refractivity contribution in [3.8, 4) is 0 Å². The predicted octanol–water partition coefficient (Wildman–Crippen LogP) is 1.94. The second-order valence-corrected chi connectivity index (χ2v) is 5.34. The SMILES string of the molecule is CCCc1cc(=O)[nH]c(SCCCC(C)N)n1. The van der Waals surface area contributed by atoms with Gasteiger partial charge in [-0.3, -0.25) is 4.79 Å². The molecule has 4 nitrogen and oxygen atoms in total. The Hall–Kier alpha value is -0.810. The van der Waals surface area contributed by atoms with Gasteiger partial charge in [0.05, 0.1) is 0 Å². The summed E-state index contributed by atoms with van der Waals surface area (Å²) in [5.74, 6) is 0.945. The highest BCUT2D eigenvalue weighted by molar-refractivity contribution is 7.99. The zero-order valence-electron chi connectivity index (χ0n) is 10.5. The number of aryl methyl sites for hydroxylation is 1. The minimum absolute atomic E-state index is 0.0573. The quantitative estimate of drug-likeness (QED) is 0.444. The first-order valence-electron chi connectivity index (χ1n) is 6.10. The third-order valence-electron chi connectivity index (χ3n) is 2.32. The summed E-state index contributed by atoms with van der Waals surface area (Å²) in [6.45, 7) is 4.09. The Morgan fingerprint density at radius 2 is 2.35 bits per heavy atom. The van der Waals surface area contributed by atoms with Crippen LogP contribution in [0.3, 0.4) is 0 Å². The predicted molar refractivity (Wildman–Crippen MR) is 72.5 cm³/mol. The summed E-state index contributed by atoms with van der Waals surface area (Å²) in [7, 11) is 0. The monoisotopic (exact) mass is 255 g/mol. The van der Waals surface area contributed by atoms with Crippen LogP contribution in [0.4, 0.5) is 0 Å². The fraction of sp³-hybridized carbons (Fsp3) is 0.667. The van der Waals surface area contributed by atoms with Gasteiger partial charge in [-0.25, -0.2) is 4.98 Å². The highest BCUT2D eigenvalue weighted by Crippen LogP contribution is 2.14. The number of nitrogens with one attached hydrogen (secondary N) is 1. The maximum Gasteiger partial charge on any atom is 0.251 e. The van der Waals surface area contributed by atoms with Crippen LogP contribution >= 0.6 is 11.8 Å². The summed E-state index contributed by atoms with van der Waals surface area (Å²) in [5.41, 5.74) is 6.50. The number of hydrogen-bond donors (Lipinski definition) is 2. The molecule has 0 saturated heterocycles. The van der Waals surface area contributed by atoms with E-state index in [-0.39, 0.29) is 11.6 Å². The van der Waals surface area contributed by atoms with Crippen molar-refractivity contribution in [2.75, 3.05) is 5.75 Å². The van der Waals surface area contributed by atoms with Crippen molar-refractivity contribution in [3.05, 3.63) is 22.1 Å². The van der Waals surface area contributed by atoms with E-state index < -0.39 is 0 Å². The maximum absolute atomic E-state index is 11.4. The smallest absolute Gasteiger partial charge is 0.251 e. The summed E-state index contributed by atoms with van der Waals surface area (Å²) < 4.78 is 0. The van der Waals surface area contributed by atoms with Gasteiger partial charge in [0.15, 0.2) is 5.16 Å². The molecule has 1 aromatic rings. The Balaban J connectivity index is 2.50. The van der Waals surface area contributed by atoms with Crippen LogP contribution in [0.15, 0.2) is 16.0 Å². The lowest BCUT2D eigenvalue weighted by Gasteiger charge is -2.05. The largest absolute Gasteiger partial charge is 0.328 e. The lowest BCUT2D eigenvalue weighted by molar-refractivity contribution is 0.656. The van der Waals surface area contributed by atoms with Crippen LogP contribution in [0.1, 0.15) is 38.8 Å². The van der Waals surface area contributed by atoms with Crippen molar-refractivity contribution in [1.29, 1.82) is 0 Å². The Bertz CT molecular complexity index is 390. The summed E-state index contributed by atoms with van der Waals surface area (Å²) in [6.07, 6.45) is 3.92. The topological polar surface area (TPSA) is 71.8 Å². The average Bonchev–Trinajstić information content (AvgIpc) is 2.24. The number of nitrogens with zero attached hydrogens (tertiary/aromatic N) is 1.